The summed E-state index contributed by atoms with van der Waals surface area (Å²) in [6.07, 6.45) is 1.02. The summed E-state index contributed by atoms with van der Waals surface area (Å²) in [4.78, 5) is 4.56. The van der Waals surface area contributed by atoms with Crippen molar-refractivity contribution in [3.8, 4) is 0 Å². The lowest BCUT2D eigenvalue weighted by molar-refractivity contribution is 0.365. The van der Waals surface area contributed by atoms with E-state index in [9.17, 15) is 0 Å². The summed E-state index contributed by atoms with van der Waals surface area (Å²) in [5.41, 5.74) is 9.18. The van der Waals surface area contributed by atoms with Gasteiger partial charge in [-0.15, -0.1) is 0 Å². The van der Waals surface area contributed by atoms with Crippen LogP contribution in [0.5, 0.6) is 0 Å². The lowest BCUT2D eigenvalue weighted by Crippen LogP contribution is -2.26. The van der Waals surface area contributed by atoms with E-state index in [0.717, 1.165) is 36.5 Å². The fourth-order valence-corrected chi connectivity index (χ4v) is 2.25. The first-order valence-electron chi connectivity index (χ1n) is 6.80. The minimum Gasteiger partial charge on any atom is -0.384 e. The molecule has 0 fully saturated rings. The molecule has 0 saturated heterocycles. The highest BCUT2D eigenvalue weighted by Gasteiger charge is 2.16. The van der Waals surface area contributed by atoms with Crippen LogP contribution in [0.3, 0.4) is 0 Å². The number of rotatable bonds is 5. The molecule has 104 valence electrons. The number of imidazole rings is 1. The maximum Gasteiger partial charge on any atom is 0.106 e. The highest BCUT2D eigenvalue weighted by atomic mass is 15.1. The molecule has 1 aromatic heterocycles. The molecule has 1 aromatic carbocycles. The third-order valence-electron chi connectivity index (χ3n) is 3.70. The van der Waals surface area contributed by atoms with Gasteiger partial charge in [0.1, 0.15) is 5.82 Å². The minimum atomic E-state index is 0.212. The van der Waals surface area contributed by atoms with Gasteiger partial charge in [0.2, 0.25) is 0 Å². The van der Waals surface area contributed by atoms with E-state index in [1.165, 1.54) is 5.52 Å². The number of hydrogen-bond donors (Lipinski definition) is 2. The van der Waals surface area contributed by atoms with Crippen molar-refractivity contribution >= 4 is 16.7 Å². The Kier molecular flexibility index (Phi) is 3.80. The molecule has 1 heterocycles. The zero-order valence-electron chi connectivity index (χ0n) is 12.3. The van der Waals surface area contributed by atoms with Crippen LogP contribution in [0.25, 0.3) is 11.0 Å². The van der Waals surface area contributed by atoms with Crippen molar-refractivity contribution in [3.05, 3.63) is 24.0 Å². The number of nitrogens with two attached hydrogens (primary N) is 1. The van der Waals surface area contributed by atoms with Crippen molar-refractivity contribution in [1.29, 1.82) is 0 Å². The second-order valence-corrected chi connectivity index (χ2v) is 5.98. The van der Waals surface area contributed by atoms with Gasteiger partial charge < -0.3 is 15.6 Å². The van der Waals surface area contributed by atoms with Crippen LogP contribution in [0.15, 0.2) is 18.2 Å². The molecule has 0 bridgehead atoms. The zero-order valence-corrected chi connectivity index (χ0v) is 12.3. The molecule has 0 aliphatic heterocycles. The van der Waals surface area contributed by atoms with Gasteiger partial charge in [-0.1, -0.05) is 13.8 Å². The van der Waals surface area contributed by atoms with E-state index in [4.69, 9.17) is 5.73 Å². The van der Waals surface area contributed by atoms with Gasteiger partial charge in [-0.3, -0.25) is 0 Å². The third-order valence-corrected chi connectivity index (χ3v) is 3.70. The Hall–Kier alpha value is -1.55. The minimum absolute atomic E-state index is 0.212. The molecule has 0 unspecified atom stereocenters. The van der Waals surface area contributed by atoms with Crippen molar-refractivity contribution < 1.29 is 0 Å². The number of aryl methyl sites for hydroxylation is 2. The summed E-state index contributed by atoms with van der Waals surface area (Å²) in [7, 11) is 2.04. The number of benzene rings is 1. The molecule has 0 aliphatic carbocycles. The average Bonchev–Trinajstić information content (AvgIpc) is 2.62. The topological polar surface area (TPSA) is 55.9 Å². The van der Waals surface area contributed by atoms with E-state index >= 15 is 0 Å². The highest BCUT2D eigenvalue weighted by molar-refractivity contribution is 5.80. The molecule has 0 spiro atoms. The van der Waals surface area contributed by atoms with Crippen molar-refractivity contribution in [3.63, 3.8) is 0 Å². The van der Waals surface area contributed by atoms with Gasteiger partial charge in [-0.25, -0.2) is 4.98 Å². The van der Waals surface area contributed by atoms with Crippen LogP contribution in [0.4, 0.5) is 5.69 Å². The van der Waals surface area contributed by atoms with Crippen molar-refractivity contribution in [2.45, 2.75) is 27.2 Å². The van der Waals surface area contributed by atoms with Crippen molar-refractivity contribution in [1.82, 2.24) is 9.55 Å². The fraction of sp³-hybridized carbons (Fsp3) is 0.533. The second kappa shape index (κ2) is 5.21. The predicted molar refractivity (Wildman–Crippen MR) is 81.4 cm³/mol. The molecule has 2 rings (SSSR count). The highest BCUT2D eigenvalue weighted by Crippen LogP contribution is 2.23. The molecule has 2 aromatic rings. The van der Waals surface area contributed by atoms with Gasteiger partial charge >= 0.3 is 0 Å². The Balaban J connectivity index is 2.14. The van der Waals surface area contributed by atoms with E-state index in [2.05, 4.69) is 46.9 Å². The summed E-state index contributed by atoms with van der Waals surface area (Å²) >= 11 is 0. The number of nitrogens with zero attached hydrogens (tertiary/aromatic N) is 2. The second-order valence-electron chi connectivity index (χ2n) is 5.98. The van der Waals surface area contributed by atoms with E-state index in [1.54, 1.807) is 0 Å². The molecule has 4 heteroatoms. The van der Waals surface area contributed by atoms with Gasteiger partial charge in [0.25, 0.3) is 0 Å². The molecule has 0 aliphatic rings. The quantitative estimate of drug-likeness (QED) is 0.869. The van der Waals surface area contributed by atoms with Crippen LogP contribution in [-0.2, 0) is 7.05 Å². The maximum atomic E-state index is 5.64. The largest absolute Gasteiger partial charge is 0.384 e. The molecular weight excluding hydrogens is 236 g/mol. The van der Waals surface area contributed by atoms with Crippen LogP contribution >= 0.6 is 0 Å². The van der Waals surface area contributed by atoms with Gasteiger partial charge in [-0.2, -0.15) is 0 Å². The average molecular weight is 260 g/mol. The molecule has 0 atom stereocenters. The molecule has 0 saturated carbocycles. The van der Waals surface area contributed by atoms with Crippen LogP contribution in [0, 0.1) is 12.3 Å². The van der Waals surface area contributed by atoms with Crippen LogP contribution < -0.4 is 11.1 Å². The van der Waals surface area contributed by atoms with Gasteiger partial charge in [0, 0.05) is 19.3 Å². The Bertz CT molecular complexity index is 569. The number of hydrogen-bond acceptors (Lipinski definition) is 3. The summed E-state index contributed by atoms with van der Waals surface area (Å²) in [5.74, 6) is 1.04. The first-order valence-corrected chi connectivity index (χ1v) is 6.80. The first-order chi connectivity index (χ1) is 8.93. The lowest BCUT2D eigenvalue weighted by Gasteiger charge is -2.24. The van der Waals surface area contributed by atoms with E-state index < -0.39 is 0 Å². The van der Waals surface area contributed by atoms with Crippen LogP contribution in [-0.4, -0.2) is 22.6 Å². The van der Waals surface area contributed by atoms with Gasteiger partial charge in [0.15, 0.2) is 0 Å². The number of fused-ring (bicyclic) bond motifs is 1. The Labute approximate surface area is 115 Å². The van der Waals surface area contributed by atoms with Crippen molar-refractivity contribution in [2.75, 3.05) is 18.4 Å². The third kappa shape index (κ3) is 3.07. The Morgan fingerprint density at radius 1 is 1.37 bits per heavy atom. The van der Waals surface area contributed by atoms with Crippen molar-refractivity contribution in [2.24, 2.45) is 18.2 Å². The Morgan fingerprint density at radius 3 is 2.79 bits per heavy atom. The van der Waals surface area contributed by atoms with E-state index in [-0.39, 0.29) is 5.41 Å². The molecule has 4 nitrogen and oxygen atoms in total. The zero-order chi connectivity index (χ0) is 14.0. The number of anilines is 1. The predicted octanol–water partition coefficient (Wildman–Crippen LogP) is 2.67. The number of aromatic nitrogens is 2. The maximum absolute atomic E-state index is 5.64. The molecule has 0 amide bonds. The summed E-state index contributed by atoms with van der Waals surface area (Å²) < 4.78 is 2.11. The molecule has 3 N–H and O–H groups in total. The van der Waals surface area contributed by atoms with Crippen LogP contribution in [0.2, 0.25) is 0 Å². The number of nitrogens with one attached hydrogen (secondary N) is 1. The summed E-state index contributed by atoms with van der Waals surface area (Å²) in [6, 6.07) is 6.34. The van der Waals surface area contributed by atoms with Gasteiger partial charge in [-0.05, 0) is 43.5 Å². The fourth-order valence-electron chi connectivity index (χ4n) is 2.25. The first kappa shape index (κ1) is 13.9. The van der Waals surface area contributed by atoms with E-state index in [1.807, 2.05) is 14.0 Å². The summed E-state index contributed by atoms with van der Waals surface area (Å²) in [6.45, 7) is 8.14. The summed E-state index contributed by atoms with van der Waals surface area (Å²) in [5, 5.41) is 3.49. The standard InChI is InChI=1S/C15H24N4/c1-11-18-13-9-12(5-6-14(13)19(11)4)17-10-15(2,3)7-8-16/h5-6,9,17H,7-8,10,16H2,1-4H3. The molecular formula is C15H24N4. The van der Waals surface area contributed by atoms with E-state index in [0.29, 0.717) is 0 Å². The Morgan fingerprint density at radius 2 is 2.11 bits per heavy atom. The monoisotopic (exact) mass is 260 g/mol. The molecule has 0 radical (unpaired) electrons. The lowest BCUT2D eigenvalue weighted by atomic mass is 9.89. The normalized spacial score (nSPS) is 12.1. The van der Waals surface area contributed by atoms with Crippen LogP contribution in [0.1, 0.15) is 26.1 Å². The smallest absolute Gasteiger partial charge is 0.106 e. The SMILES string of the molecule is Cc1nc2cc(NCC(C)(C)CCN)ccc2n1C. The van der Waals surface area contributed by atoms with Gasteiger partial charge in [0.05, 0.1) is 11.0 Å². The molecule has 19 heavy (non-hydrogen) atoms.